The lowest BCUT2D eigenvalue weighted by atomic mass is 9.86. The number of ether oxygens (including phenoxy) is 1. The summed E-state index contributed by atoms with van der Waals surface area (Å²) in [5.74, 6) is 1.71. The summed E-state index contributed by atoms with van der Waals surface area (Å²) in [5.41, 5.74) is 4.22. The van der Waals surface area contributed by atoms with E-state index < -0.39 is 11.7 Å². The van der Waals surface area contributed by atoms with E-state index in [2.05, 4.69) is 47.1 Å². The van der Waals surface area contributed by atoms with Crippen molar-refractivity contribution in [2.24, 2.45) is 0 Å². The summed E-state index contributed by atoms with van der Waals surface area (Å²) in [5, 5.41) is 3.31. The number of imidazole rings is 1. The molecule has 3 aromatic carbocycles. The Balaban J connectivity index is 1.33. The van der Waals surface area contributed by atoms with Gasteiger partial charge in [0.15, 0.2) is 0 Å². The SMILES string of the molecule is CC(c1ccc2nc(Nc3cccnc3Oc3ccccc3C(C)(C)C)[nH]c2c1)N(C)Cc1cccc(C(F)(F)F)c1. The molecular formula is C33H34F3N5O. The van der Waals surface area contributed by atoms with Crippen molar-refractivity contribution in [2.75, 3.05) is 12.4 Å². The van der Waals surface area contributed by atoms with Crippen molar-refractivity contribution in [3.05, 3.63) is 107 Å². The lowest BCUT2D eigenvalue weighted by molar-refractivity contribution is -0.137. The molecule has 0 aliphatic heterocycles. The first-order valence-corrected chi connectivity index (χ1v) is 13.7. The Bertz CT molecular complexity index is 1690. The molecule has 2 N–H and O–H groups in total. The van der Waals surface area contributed by atoms with Gasteiger partial charge in [0.25, 0.3) is 0 Å². The number of pyridine rings is 1. The Labute approximate surface area is 243 Å². The zero-order valence-electron chi connectivity index (χ0n) is 24.3. The second kappa shape index (κ2) is 11.5. The lowest BCUT2D eigenvalue weighted by Crippen LogP contribution is -2.22. The molecule has 0 fully saturated rings. The molecule has 1 unspecified atom stereocenters. The first kappa shape index (κ1) is 29.1. The standard InChI is InChI=1S/C33H34F3N5O/c1-21(41(5)20-22-10-8-11-24(18-22)33(34,35)36)23-15-16-26-28(19-23)40-31(38-26)39-27-13-9-17-37-30(27)42-29-14-7-6-12-25(29)32(2,3)4/h6-19,21H,20H2,1-5H3,(H2,38,39,40). The monoisotopic (exact) mass is 573 g/mol. The highest BCUT2D eigenvalue weighted by Crippen LogP contribution is 2.36. The van der Waals surface area contributed by atoms with Crippen LogP contribution in [-0.4, -0.2) is 26.9 Å². The molecule has 2 heterocycles. The largest absolute Gasteiger partial charge is 0.437 e. The third kappa shape index (κ3) is 6.57. The zero-order chi connectivity index (χ0) is 30.1. The van der Waals surface area contributed by atoms with Crippen LogP contribution < -0.4 is 10.1 Å². The second-order valence-electron chi connectivity index (χ2n) is 11.5. The van der Waals surface area contributed by atoms with Crippen LogP contribution in [0.25, 0.3) is 11.0 Å². The lowest BCUT2D eigenvalue weighted by Gasteiger charge is -2.25. The molecule has 0 amide bonds. The van der Waals surface area contributed by atoms with Gasteiger partial charge < -0.3 is 15.0 Å². The summed E-state index contributed by atoms with van der Waals surface area (Å²) in [6.45, 7) is 8.82. The minimum Gasteiger partial charge on any atom is -0.437 e. The van der Waals surface area contributed by atoms with E-state index >= 15 is 0 Å². The zero-order valence-corrected chi connectivity index (χ0v) is 24.3. The number of para-hydroxylation sites is 1. The fourth-order valence-electron chi connectivity index (χ4n) is 4.85. The third-order valence-corrected chi connectivity index (χ3v) is 7.26. The topological polar surface area (TPSA) is 66.1 Å². The minimum atomic E-state index is -4.36. The number of hydrogen-bond acceptors (Lipinski definition) is 5. The van der Waals surface area contributed by atoms with Crippen molar-refractivity contribution in [1.82, 2.24) is 19.9 Å². The van der Waals surface area contributed by atoms with Crippen molar-refractivity contribution >= 4 is 22.7 Å². The molecule has 5 rings (SSSR count). The van der Waals surface area contributed by atoms with Crippen LogP contribution in [0.3, 0.4) is 0 Å². The van der Waals surface area contributed by atoms with Crippen LogP contribution >= 0.6 is 0 Å². The van der Waals surface area contributed by atoms with Gasteiger partial charge in [-0.3, -0.25) is 4.90 Å². The highest BCUT2D eigenvalue weighted by atomic mass is 19.4. The molecular weight excluding hydrogens is 539 g/mol. The normalized spacial score (nSPS) is 13.0. The number of anilines is 2. The molecule has 0 radical (unpaired) electrons. The number of nitrogens with one attached hydrogen (secondary N) is 2. The molecule has 0 bridgehead atoms. The van der Waals surface area contributed by atoms with Gasteiger partial charge >= 0.3 is 6.18 Å². The van der Waals surface area contributed by atoms with Crippen LogP contribution in [0.1, 0.15) is 56.0 Å². The number of alkyl halides is 3. The van der Waals surface area contributed by atoms with E-state index in [1.165, 1.54) is 12.1 Å². The van der Waals surface area contributed by atoms with Crippen LogP contribution in [0.15, 0.2) is 85.1 Å². The molecule has 42 heavy (non-hydrogen) atoms. The van der Waals surface area contributed by atoms with Crippen molar-refractivity contribution in [1.29, 1.82) is 0 Å². The number of aromatic amines is 1. The van der Waals surface area contributed by atoms with Crippen LogP contribution in [0.5, 0.6) is 11.6 Å². The Morgan fingerprint density at radius 3 is 2.50 bits per heavy atom. The summed E-state index contributed by atoms with van der Waals surface area (Å²) in [4.78, 5) is 14.5. The number of hydrogen-bond donors (Lipinski definition) is 2. The molecule has 1 atom stereocenters. The molecule has 218 valence electrons. The van der Waals surface area contributed by atoms with Gasteiger partial charge in [-0.25, -0.2) is 9.97 Å². The fraction of sp³-hybridized carbons (Fsp3) is 0.273. The van der Waals surface area contributed by atoms with Gasteiger partial charge in [0.2, 0.25) is 11.8 Å². The number of nitrogens with zero attached hydrogens (tertiary/aromatic N) is 3. The van der Waals surface area contributed by atoms with Crippen LogP contribution in [0, 0.1) is 0 Å². The molecule has 0 saturated heterocycles. The van der Waals surface area contributed by atoms with Gasteiger partial charge in [0.05, 0.1) is 16.6 Å². The van der Waals surface area contributed by atoms with Gasteiger partial charge in [0, 0.05) is 24.3 Å². The number of H-pyrrole nitrogens is 1. The highest BCUT2D eigenvalue weighted by molar-refractivity contribution is 5.79. The Kier molecular flexibility index (Phi) is 7.97. The Hall–Kier alpha value is -4.37. The third-order valence-electron chi connectivity index (χ3n) is 7.26. The molecule has 6 nitrogen and oxygen atoms in total. The molecule has 0 saturated carbocycles. The van der Waals surface area contributed by atoms with E-state index in [0.717, 1.165) is 34.0 Å². The molecule has 2 aromatic heterocycles. The van der Waals surface area contributed by atoms with Crippen LogP contribution in [0.4, 0.5) is 24.8 Å². The number of benzene rings is 3. The van der Waals surface area contributed by atoms with Gasteiger partial charge in [-0.2, -0.15) is 13.2 Å². The van der Waals surface area contributed by atoms with E-state index in [0.29, 0.717) is 29.6 Å². The molecule has 0 spiro atoms. The van der Waals surface area contributed by atoms with Crippen LogP contribution in [0.2, 0.25) is 0 Å². The maximum Gasteiger partial charge on any atom is 0.416 e. The molecule has 0 aliphatic carbocycles. The smallest absolute Gasteiger partial charge is 0.416 e. The number of aromatic nitrogens is 3. The Morgan fingerprint density at radius 1 is 0.952 bits per heavy atom. The van der Waals surface area contributed by atoms with E-state index in [1.807, 2.05) is 67.4 Å². The van der Waals surface area contributed by atoms with Gasteiger partial charge in [0.1, 0.15) is 11.4 Å². The summed E-state index contributed by atoms with van der Waals surface area (Å²) in [6, 6.07) is 23.0. The quantitative estimate of drug-likeness (QED) is 0.194. The maximum atomic E-state index is 13.2. The number of halogens is 3. The fourth-order valence-corrected chi connectivity index (χ4v) is 4.85. The average Bonchev–Trinajstić information content (AvgIpc) is 3.34. The van der Waals surface area contributed by atoms with Gasteiger partial charge in [-0.05, 0) is 66.9 Å². The molecule has 5 aromatic rings. The average molecular weight is 574 g/mol. The molecule has 9 heteroatoms. The predicted molar refractivity (Wildman–Crippen MR) is 160 cm³/mol. The first-order valence-electron chi connectivity index (χ1n) is 13.7. The van der Waals surface area contributed by atoms with Crippen molar-refractivity contribution in [2.45, 2.75) is 51.9 Å². The van der Waals surface area contributed by atoms with E-state index in [9.17, 15) is 13.2 Å². The highest BCUT2D eigenvalue weighted by Gasteiger charge is 2.30. The minimum absolute atomic E-state index is 0.0511. The summed E-state index contributed by atoms with van der Waals surface area (Å²) >= 11 is 0. The van der Waals surface area contributed by atoms with E-state index in [-0.39, 0.29) is 11.5 Å². The van der Waals surface area contributed by atoms with Crippen LogP contribution in [-0.2, 0) is 18.1 Å². The predicted octanol–water partition coefficient (Wildman–Crippen LogP) is 9.00. The van der Waals surface area contributed by atoms with E-state index in [4.69, 9.17) is 4.74 Å². The molecule has 0 aliphatic rings. The number of fused-ring (bicyclic) bond motifs is 1. The summed E-state index contributed by atoms with van der Waals surface area (Å²) < 4.78 is 45.8. The van der Waals surface area contributed by atoms with Crippen molar-refractivity contribution in [3.8, 4) is 11.6 Å². The Morgan fingerprint density at radius 2 is 1.74 bits per heavy atom. The van der Waals surface area contributed by atoms with Crippen molar-refractivity contribution in [3.63, 3.8) is 0 Å². The maximum absolute atomic E-state index is 13.2. The van der Waals surface area contributed by atoms with Gasteiger partial charge in [-0.1, -0.05) is 63.2 Å². The van der Waals surface area contributed by atoms with Gasteiger partial charge in [-0.15, -0.1) is 0 Å². The number of rotatable bonds is 8. The summed E-state index contributed by atoms with van der Waals surface area (Å²) in [7, 11) is 1.90. The second-order valence-corrected chi connectivity index (χ2v) is 11.5. The van der Waals surface area contributed by atoms with E-state index in [1.54, 1.807) is 12.3 Å². The first-order chi connectivity index (χ1) is 19.9. The summed E-state index contributed by atoms with van der Waals surface area (Å²) in [6.07, 6.45) is -2.68. The van der Waals surface area contributed by atoms with Crippen molar-refractivity contribution < 1.29 is 17.9 Å².